The van der Waals surface area contributed by atoms with E-state index in [0.29, 0.717) is 5.56 Å². The van der Waals surface area contributed by atoms with E-state index in [4.69, 9.17) is 5.26 Å². The fraction of sp³-hybridized carbons (Fsp3) is 0.267. The zero-order valence-corrected chi connectivity index (χ0v) is 11.5. The SMILES string of the molecule is CCCn1c(-c2cnn(C)c2)nc2cc(C#N)ccc21. The summed E-state index contributed by atoms with van der Waals surface area (Å²) in [6.45, 7) is 3.04. The molecule has 1 aromatic carbocycles. The van der Waals surface area contributed by atoms with Crippen molar-refractivity contribution in [1.82, 2.24) is 19.3 Å². The zero-order chi connectivity index (χ0) is 14.1. The predicted octanol–water partition coefficient (Wildman–Crippen LogP) is 2.72. The van der Waals surface area contributed by atoms with Crippen LogP contribution in [0.1, 0.15) is 18.9 Å². The molecule has 3 aromatic rings. The Hall–Kier alpha value is -2.61. The van der Waals surface area contributed by atoms with Gasteiger partial charge in [-0.2, -0.15) is 10.4 Å². The highest BCUT2D eigenvalue weighted by Crippen LogP contribution is 2.25. The second-order valence-corrected chi connectivity index (χ2v) is 4.81. The molecule has 2 heterocycles. The lowest BCUT2D eigenvalue weighted by Gasteiger charge is -2.05. The van der Waals surface area contributed by atoms with Crippen LogP contribution in [0.4, 0.5) is 0 Å². The summed E-state index contributed by atoms with van der Waals surface area (Å²) in [7, 11) is 1.89. The van der Waals surface area contributed by atoms with Crippen molar-refractivity contribution in [2.75, 3.05) is 0 Å². The number of nitriles is 1. The van der Waals surface area contributed by atoms with Gasteiger partial charge in [-0.1, -0.05) is 6.92 Å². The number of hydrogen-bond donors (Lipinski definition) is 0. The molecule has 0 unspecified atom stereocenters. The molecule has 0 radical (unpaired) electrons. The van der Waals surface area contributed by atoms with Crippen LogP contribution in [0, 0.1) is 11.3 Å². The van der Waals surface area contributed by atoms with Crippen LogP contribution < -0.4 is 0 Å². The van der Waals surface area contributed by atoms with Crippen LogP contribution in [-0.2, 0) is 13.6 Å². The Morgan fingerprint density at radius 2 is 2.20 bits per heavy atom. The molecule has 0 amide bonds. The molecule has 5 nitrogen and oxygen atoms in total. The van der Waals surface area contributed by atoms with Crippen molar-refractivity contribution < 1.29 is 0 Å². The maximum absolute atomic E-state index is 9.00. The van der Waals surface area contributed by atoms with Crippen LogP contribution in [0.5, 0.6) is 0 Å². The largest absolute Gasteiger partial charge is 0.324 e. The minimum absolute atomic E-state index is 0.636. The van der Waals surface area contributed by atoms with E-state index >= 15 is 0 Å². The van der Waals surface area contributed by atoms with E-state index in [2.05, 4.69) is 27.6 Å². The molecule has 100 valence electrons. The monoisotopic (exact) mass is 265 g/mol. The second kappa shape index (κ2) is 4.82. The van der Waals surface area contributed by atoms with Gasteiger partial charge in [-0.3, -0.25) is 4.68 Å². The molecule has 3 rings (SSSR count). The van der Waals surface area contributed by atoms with E-state index in [9.17, 15) is 0 Å². The van der Waals surface area contributed by atoms with Crippen LogP contribution in [0.3, 0.4) is 0 Å². The summed E-state index contributed by atoms with van der Waals surface area (Å²) in [5, 5.41) is 13.2. The summed E-state index contributed by atoms with van der Waals surface area (Å²) in [6.07, 6.45) is 4.80. The molecule has 0 saturated carbocycles. The van der Waals surface area contributed by atoms with Gasteiger partial charge in [0.25, 0.3) is 0 Å². The predicted molar refractivity (Wildman–Crippen MR) is 76.9 cm³/mol. The number of benzene rings is 1. The van der Waals surface area contributed by atoms with Gasteiger partial charge in [0.1, 0.15) is 5.82 Å². The summed E-state index contributed by atoms with van der Waals surface area (Å²) in [5.74, 6) is 0.907. The van der Waals surface area contributed by atoms with Crippen LogP contribution in [0.15, 0.2) is 30.6 Å². The summed E-state index contributed by atoms with van der Waals surface area (Å²) in [4.78, 5) is 4.68. The molecule has 0 spiro atoms. The number of imidazole rings is 1. The molecule has 0 fully saturated rings. The van der Waals surface area contributed by atoms with Gasteiger partial charge in [0, 0.05) is 19.8 Å². The first-order chi connectivity index (χ1) is 9.72. The Morgan fingerprint density at radius 1 is 1.35 bits per heavy atom. The van der Waals surface area contributed by atoms with Crippen molar-refractivity contribution in [3.8, 4) is 17.5 Å². The van der Waals surface area contributed by atoms with E-state index in [0.717, 1.165) is 35.4 Å². The molecule has 2 aromatic heterocycles. The number of aryl methyl sites for hydroxylation is 2. The molecule has 20 heavy (non-hydrogen) atoms. The van der Waals surface area contributed by atoms with Crippen LogP contribution >= 0.6 is 0 Å². The number of fused-ring (bicyclic) bond motifs is 1. The summed E-state index contributed by atoms with van der Waals surface area (Å²) in [6, 6.07) is 7.80. The van der Waals surface area contributed by atoms with E-state index < -0.39 is 0 Å². The smallest absolute Gasteiger partial charge is 0.144 e. The first-order valence-electron chi connectivity index (χ1n) is 6.62. The fourth-order valence-corrected chi connectivity index (χ4v) is 2.41. The van der Waals surface area contributed by atoms with Gasteiger partial charge in [-0.05, 0) is 24.6 Å². The lowest BCUT2D eigenvalue weighted by atomic mass is 10.2. The van der Waals surface area contributed by atoms with Gasteiger partial charge in [0.05, 0.1) is 34.4 Å². The van der Waals surface area contributed by atoms with Crippen LogP contribution in [-0.4, -0.2) is 19.3 Å². The number of aromatic nitrogens is 4. The standard InChI is InChI=1S/C15H15N5/c1-3-6-20-14-5-4-11(8-16)7-13(14)18-15(20)12-9-17-19(2)10-12/h4-5,7,9-10H,3,6H2,1-2H3. The van der Waals surface area contributed by atoms with E-state index in [1.165, 1.54) is 0 Å². The summed E-state index contributed by atoms with van der Waals surface area (Å²) >= 11 is 0. The number of rotatable bonds is 3. The van der Waals surface area contributed by atoms with E-state index in [1.54, 1.807) is 4.68 Å². The minimum atomic E-state index is 0.636. The first-order valence-corrected chi connectivity index (χ1v) is 6.62. The maximum atomic E-state index is 9.00. The molecule has 0 aliphatic carbocycles. The highest BCUT2D eigenvalue weighted by Gasteiger charge is 2.13. The third-order valence-corrected chi connectivity index (χ3v) is 3.29. The summed E-state index contributed by atoms with van der Waals surface area (Å²) < 4.78 is 3.96. The number of hydrogen-bond acceptors (Lipinski definition) is 3. The maximum Gasteiger partial charge on any atom is 0.144 e. The quantitative estimate of drug-likeness (QED) is 0.731. The van der Waals surface area contributed by atoms with Crippen molar-refractivity contribution in [1.29, 1.82) is 5.26 Å². The molecule has 5 heteroatoms. The van der Waals surface area contributed by atoms with Gasteiger partial charge in [0.2, 0.25) is 0 Å². The lowest BCUT2D eigenvalue weighted by Crippen LogP contribution is -1.99. The third kappa shape index (κ3) is 1.95. The fourth-order valence-electron chi connectivity index (χ4n) is 2.41. The van der Waals surface area contributed by atoms with E-state index in [-0.39, 0.29) is 0 Å². The molecule has 0 aliphatic heterocycles. The average molecular weight is 265 g/mol. The second-order valence-electron chi connectivity index (χ2n) is 4.81. The van der Waals surface area contributed by atoms with E-state index in [1.807, 2.05) is 37.6 Å². The highest BCUT2D eigenvalue weighted by atomic mass is 15.2. The Bertz CT molecular complexity index is 803. The van der Waals surface area contributed by atoms with Crippen LogP contribution in [0.25, 0.3) is 22.4 Å². The Balaban J connectivity index is 2.25. The van der Waals surface area contributed by atoms with Crippen molar-refractivity contribution in [2.24, 2.45) is 7.05 Å². The molecular weight excluding hydrogens is 250 g/mol. The van der Waals surface area contributed by atoms with Crippen molar-refractivity contribution in [2.45, 2.75) is 19.9 Å². The molecule has 0 bridgehead atoms. The van der Waals surface area contributed by atoms with Gasteiger partial charge in [0.15, 0.2) is 0 Å². The van der Waals surface area contributed by atoms with Gasteiger partial charge >= 0.3 is 0 Å². The Kier molecular flexibility index (Phi) is 2.99. The van der Waals surface area contributed by atoms with Crippen LogP contribution in [0.2, 0.25) is 0 Å². The average Bonchev–Trinajstić information content (AvgIpc) is 3.03. The highest BCUT2D eigenvalue weighted by molar-refractivity contribution is 5.81. The van der Waals surface area contributed by atoms with Crippen molar-refractivity contribution in [3.05, 3.63) is 36.2 Å². The molecule has 0 atom stereocenters. The Labute approximate surface area is 117 Å². The number of nitrogens with zero attached hydrogens (tertiary/aromatic N) is 5. The lowest BCUT2D eigenvalue weighted by molar-refractivity contribution is 0.704. The Morgan fingerprint density at radius 3 is 2.85 bits per heavy atom. The topological polar surface area (TPSA) is 59.4 Å². The zero-order valence-electron chi connectivity index (χ0n) is 11.5. The minimum Gasteiger partial charge on any atom is -0.324 e. The van der Waals surface area contributed by atoms with Crippen molar-refractivity contribution in [3.63, 3.8) is 0 Å². The molecule has 0 aliphatic rings. The van der Waals surface area contributed by atoms with Gasteiger partial charge in [-0.25, -0.2) is 4.98 Å². The third-order valence-electron chi connectivity index (χ3n) is 3.29. The van der Waals surface area contributed by atoms with Gasteiger partial charge in [-0.15, -0.1) is 0 Å². The van der Waals surface area contributed by atoms with Crippen molar-refractivity contribution >= 4 is 11.0 Å². The molecular formula is C15H15N5. The van der Waals surface area contributed by atoms with Gasteiger partial charge < -0.3 is 4.57 Å². The normalized spacial score (nSPS) is 10.8. The molecule has 0 saturated heterocycles. The molecule has 0 N–H and O–H groups in total. The first kappa shape index (κ1) is 12.4. The summed E-state index contributed by atoms with van der Waals surface area (Å²) in [5.41, 5.74) is 3.55.